The van der Waals surface area contributed by atoms with Crippen molar-refractivity contribution in [3.05, 3.63) is 47.3 Å². The molecule has 1 saturated carbocycles. The first kappa shape index (κ1) is 15.8. The molecule has 0 bridgehead atoms. The van der Waals surface area contributed by atoms with Crippen LogP contribution in [-0.2, 0) is 12.8 Å². The number of allylic oxidation sites excluding steroid dienone is 2. The number of fused-ring (bicyclic) bond motifs is 1. The maximum Gasteiger partial charge on any atom is 0.123 e. The third kappa shape index (κ3) is 4.00. The largest absolute Gasteiger partial charge is 0.207 e. The van der Waals surface area contributed by atoms with Gasteiger partial charge in [-0.05, 0) is 86.0 Å². The number of hydrogen-bond donors (Lipinski definition) is 0. The van der Waals surface area contributed by atoms with Gasteiger partial charge in [-0.1, -0.05) is 38.0 Å². The first-order valence-electron chi connectivity index (χ1n) is 9.20. The van der Waals surface area contributed by atoms with Gasteiger partial charge in [0.05, 0.1) is 0 Å². The molecule has 0 aromatic heterocycles. The van der Waals surface area contributed by atoms with Gasteiger partial charge in [0.25, 0.3) is 0 Å². The van der Waals surface area contributed by atoms with Gasteiger partial charge in [0, 0.05) is 0 Å². The Hall–Kier alpha value is -1.11. The van der Waals surface area contributed by atoms with Crippen LogP contribution in [0.4, 0.5) is 4.39 Å². The molecule has 2 aliphatic carbocycles. The van der Waals surface area contributed by atoms with E-state index in [1.807, 2.05) is 6.07 Å². The molecule has 0 saturated heterocycles. The highest BCUT2D eigenvalue weighted by atomic mass is 19.1. The number of halogens is 1. The van der Waals surface area contributed by atoms with Gasteiger partial charge in [0.15, 0.2) is 0 Å². The minimum atomic E-state index is -0.0865. The summed E-state index contributed by atoms with van der Waals surface area (Å²) in [5.41, 5.74) is 2.58. The van der Waals surface area contributed by atoms with Crippen LogP contribution in [0, 0.1) is 23.6 Å². The molecular formula is C21H29F. The van der Waals surface area contributed by atoms with E-state index < -0.39 is 0 Å². The molecule has 3 rings (SSSR count). The van der Waals surface area contributed by atoms with Gasteiger partial charge in [-0.25, -0.2) is 4.39 Å². The van der Waals surface area contributed by atoms with E-state index in [-0.39, 0.29) is 5.82 Å². The zero-order valence-electron chi connectivity index (χ0n) is 13.9. The summed E-state index contributed by atoms with van der Waals surface area (Å²) < 4.78 is 13.3. The highest BCUT2D eigenvalue weighted by Gasteiger charge is 2.20. The normalized spacial score (nSPS) is 28.7. The minimum absolute atomic E-state index is 0.0865. The van der Waals surface area contributed by atoms with Crippen molar-refractivity contribution >= 4 is 0 Å². The lowest BCUT2D eigenvalue weighted by Crippen LogP contribution is -2.15. The summed E-state index contributed by atoms with van der Waals surface area (Å²) in [5, 5.41) is 0. The number of benzene rings is 1. The lowest BCUT2D eigenvalue weighted by atomic mass is 9.78. The molecule has 1 fully saturated rings. The summed E-state index contributed by atoms with van der Waals surface area (Å²) in [6.45, 7) is 2.30. The van der Waals surface area contributed by atoms with Gasteiger partial charge in [0.2, 0.25) is 0 Å². The summed E-state index contributed by atoms with van der Waals surface area (Å²) in [6, 6.07) is 5.32. The predicted octanol–water partition coefficient (Wildman–Crippen LogP) is 6.09. The summed E-state index contributed by atoms with van der Waals surface area (Å²) >= 11 is 0. The van der Waals surface area contributed by atoms with Crippen molar-refractivity contribution in [2.45, 2.75) is 64.7 Å². The zero-order chi connectivity index (χ0) is 15.4. The Morgan fingerprint density at radius 1 is 1.00 bits per heavy atom. The summed E-state index contributed by atoms with van der Waals surface area (Å²) in [7, 11) is 0. The van der Waals surface area contributed by atoms with Crippen molar-refractivity contribution < 1.29 is 4.39 Å². The Balaban J connectivity index is 1.51. The van der Waals surface area contributed by atoms with Gasteiger partial charge in [-0.15, -0.1) is 0 Å². The average molecular weight is 300 g/mol. The third-order valence-corrected chi connectivity index (χ3v) is 5.68. The smallest absolute Gasteiger partial charge is 0.123 e. The maximum absolute atomic E-state index is 13.3. The topological polar surface area (TPSA) is 0 Å². The first-order chi connectivity index (χ1) is 10.7. The van der Waals surface area contributed by atoms with Crippen molar-refractivity contribution in [1.82, 2.24) is 0 Å². The second kappa shape index (κ2) is 7.44. The van der Waals surface area contributed by atoms with E-state index in [1.165, 1.54) is 56.1 Å². The second-order valence-electron chi connectivity index (χ2n) is 7.37. The van der Waals surface area contributed by atoms with Crippen molar-refractivity contribution in [3.63, 3.8) is 0 Å². The van der Waals surface area contributed by atoms with Crippen molar-refractivity contribution in [2.75, 3.05) is 0 Å². The molecule has 0 aliphatic heterocycles. The van der Waals surface area contributed by atoms with Crippen LogP contribution in [0.2, 0.25) is 0 Å². The van der Waals surface area contributed by atoms with Gasteiger partial charge >= 0.3 is 0 Å². The lowest BCUT2D eigenvalue weighted by Gasteiger charge is -2.27. The molecule has 1 atom stereocenters. The fourth-order valence-corrected chi connectivity index (χ4v) is 4.31. The van der Waals surface area contributed by atoms with Crippen molar-refractivity contribution in [2.24, 2.45) is 17.8 Å². The Kier molecular flexibility index (Phi) is 5.33. The standard InChI is InChI=1S/C21H29F/c1-2-3-16-4-6-17(7-5-16)8-9-18-10-11-20-15-21(22)13-12-19(20)14-18/h8-9,12-13,15-18H,2-7,10-11,14H2,1H3. The van der Waals surface area contributed by atoms with Crippen LogP contribution in [0.1, 0.15) is 63.0 Å². The molecular weight excluding hydrogens is 271 g/mol. The maximum atomic E-state index is 13.3. The van der Waals surface area contributed by atoms with Crippen LogP contribution >= 0.6 is 0 Å². The predicted molar refractivity (Wildman–Crippen MR) is 91.4 cm³/mol. The lowest BCUT2D eigenvalue weighted by molar-refractivity contribution is 0.293. The van der Waals surface area contributed by atoms with E-state index in [4.69, 9.17) is 0 Å². The van der Waals surface area contributed by atoms with Crippen molar-refractivity contribution in [3.8, 4) is 0 Å². The minimum Gasteiger partial charge on any atom is -0.207 e. The van der Waals surface area contributed by atoms with E-state index in [1.54, 1.807) is 12.1 Å². The van der Waals surface area contributed by atoms with Crippen molar-refractivity contribution in [1.29, 1.82) is 0 Å². The molecule has 0 spiro atoms. The molecule has 1 aromatic rings. The summed E-state index contributed by atoms with van der Waals surface area (Å²) in [5.74, 6) is 2.37. The zero-order valence-corrected chi connectivity index (χ0v) is 13.9. The molecule has 0 N–H and O–H groups in total. The van der Waals surface area contributed by atoms with Crippen LogP contribution in [0.25, 0.3) is 0 Å². The molecule has 0 radical (unpaired) electrons. The quantitative estimate of drug-likeness (QED) is 0.590. The van der Waals surface area contributed by atoms with E-state index >= 15 is 0 Å². The number of hydrogen-bond acceptors (Lipinski definition) is 0. The van der Waals surface area contributed by atoms with Gasteiger partial charge in [-0.3, -0.25) is 0 Å². The van der Waals surface area contributed by atoms with E-state index in [0.29, 0.717) is 5.92 Å². The highest BCUT2D eigenvalue weighted by molar-refractivity contribution is 5.31. The fraction of sp³-hybridized carbons (Fsp3) is 0.619. The Morgan fingerprint density at radius 3 is 2.55 bits per heavy atom. The SMILES string of the molecule is CCCC1CCC(C=CC2CCc3cc(F)ccc3C2)CC1. The Morgan fingerprint density at radius 2 is 1.77 bits per heavy atom. The van der Waals surface area contributed by atoms with E-state index in [0.717, 1.165) is 24.7 Å². The monoisotopic (exact) mass is 300 g/mol. The Bertz CT molecular complexity index is 509. The van der Waals surface area contributed by atoms with Gasteiger partial charge < -0.3 is 0 Å². The third-order valence-electron chi connectivity index (χ3n) is 5.68. The highest BCUT2D eigenvalue weighted by Crippen LogP contribution is 2.33. The first-order valence-corrected chi connectivity index (χ1v) is 9.20. The van der Waals surface area contributed by atoms with Gasteiger partial charge in [0.1, 0.15) is 5.82 Å². The summed E-state index contributed by atoms with van der Waals surface area (Å²) in [4.78, 5) is 0. The molecule has 1 heteroatoms. The Labute approximate surface area is 134 Å². The van der Waals surface area contributed by atoms with Gasteiger partial charge in [-0.2, -0.15) is 0 Å². The van der Waals surface area contributed by atoms with Crippen LogP contribution in [0.3, 0.4) is 0 Å². The summed E-state index contributed by atoms with van der Waals surface area (Å²) in [6.07, 6.45) is 16.7. The average Bonchev–Trinajstić information content (AvgIpc) is 2.54. The number of aryl methyl sites for hydroxylation is 1. The fourth-order valence-electron chi connectivity index (χ4n) is 4.31. The van der Waals surface area contributed by atoms with Crippen LogP contribution in [0.15, 0.2) is 30.4 Å². The second-order valence-corrected chi connectivity index (χ2v) is 7.37. The molecule has 1 unspecified atom stereocenters. The molecule has 0 amide bonds. The molecule has 1 aromatic carbocycles. The molecule has 2 aliphatic rings. The number of rotatable bonds is 4. The van der Waals surface area contributed by atoms with E-state index in [9.17, 15) is 4.39 Å². The molecule has 0 nitrogen and oxygen atoms in total. The van der Waals surface area contributed by atoms with Crippen LogP contribution in [0.5, 0.6) is 0 Å². The van der Waals surface area contributed by atoms with E-state index in [2.05, 4.69) is 19.1 Å². The van der Waals surface area contributed by atoms with Crippen LogP contribution < -0.4 is 0 Å². The van der Waals surface area contributed by atoms with Crippen LogP contribution in [-0.4, -0.2) is 0 Å². The molecule has 120 valence electrons. The molecule has 0 heterocycles. The molecule has 22 heavy (non-hydrogen) atoms.